The molecular weight excluding hydrogens is 166 g/mol. The molecule has 0 spiro atoms. The lowest BCUT2D eigenvalue weighted by Crippen LogP contribution is -2.38. The molecule has 0 saturated heterocycles. The molecule has 3 N–H and O–H groups in total. The Bertz CT molecular complexity index is 97.1. The summed E-state index contributed by atoms with van der Waals surface area (Å²) in [4.78, 5) is 0. The Labute approximate surface area is 81.2 Å². The maximum atomic E-state index is 8.79. The van der Waals surface area contributed by atoms with Gasteiger partial charge in [0.1, 0.15) is 0 Å². The zero-order valence-electron chi connectivity index (χ0n) is 8.79. The number of hydrogen-bond acceptors (Lipinski definition) is 3. The van der Waals surface area contributed by atoms with Gasteiger partial charge in [0.25, 0.3) is 0 Å². The van der Waals surface area contributed by atoms with Crippen molar-refractivity contribution in [2.24, 2.45) is 0 Å². The molecule has 0 heterocycles. The van der Waals surface area contributed by atoms with Crippen LogP contribution in [-0.4, -0.2) is 35.5 Å². The molecule has 0 aliphatic rings. The quantitative estimate of drug-likeness (QED) is 0.532. The Kier molecular flexibility index (Phi) is 8.40. The van der Waals surface area contributed by atoms with E-state index in [1.54, 1.807) is 0 Å². The lowest BCUT2D eigenvalue weighted by Gasteiger charge is -2.23. The second kappa shape index (κ2) is 8.48. The molecule has 0 aliphatic heterocycles. The molecule has 0 saturated carbocycles. The maximum Gasteiger partial charge on any atom is 0.0445 e. The predicted octanol–water partition coefficient (Wildman–Crippen LogP) is 0.898. The van der Waals surface area contributed by atoms with Crippen molar-refractivity contribution in [1.82, 2.24) is 5.32 Å². The normalized spacial score (nSPS) is 15.7. The second-order valence-corrected chi connectivity index (χ2v) is 3.40. The lowest BCUT2D eigenvalue weighted by atomic mass is 10.1. The van der Waals surface area contributed by atoms with Gasteiger partial charge in [-0.25, -0.2) is 0 Å². The lowest BCUT2D eigenvalue weighted by molar-refractivity contribution is 0.231. The Hall–Kier alpha value is -0.120. The van der Waals surface area contributed by atoms with Crippen molar-refractivity contribution in [3.8, 4) is 0 Å². The molecule has 0 aromatic heterocycles. The third-order valence-corrected chi connectivity index (χ3v) is 2.41. The van der Waals surface area contributed by atoms with Crippen LogP contribution >= 0.6 is 0 Å². The minimum absolute atomic E-state index is 0.237. The van der Waals surface area contributed by atoms with Gasteiger partial charge >= 0.3 is 0 Å². The molecule has 0 radical (unpaired) electrons. The van der Waals surface area contributed by atoms with Crippen LogP contribution in [0.25, 0.3) is 0 Å². The monoisotopic (exact) mass is 189 g/mol. The van der Waals surface area contributed by atoms with Gasteiger partial charge in [0.05, 0.1) is 0 Å². The first-order valence-electron chi connectivity index (χ1n) is 5.26. The van der Waals surface area contributed by atoms with E-state index in [9.17, 15) is 0 Å². The summed E-state index contributed by atoms with van der Waals surface area (Å²) in [5.74, 6) is 0. The van der Waals surface area contributed by atoms with Gasteiger partial charge in [-0.3, -0.25) is 0 Å². The van der Waals surface area contributed by atoms with Gasteiger partial charge in [-0.05, 0) is 25.7 Å². The molecule has 0 aromatic rings. The van der Waals surface area contributed by atoms with E-state index >= 15 is 0 Å². The van der Waals surface area contributed by atoms with E-state index in [4.69, 9.17) is 10.2 Å². The fourth-order valence-electron chi connectivity index (χ4n) is 1.46. The zero-order valence-corrected chi connectivity index (χ0v) is 8.79. The molecule has 0 fully saturated rings. The Morgan fingerprint density at radius 2 is 1.31 bits per heavy atom. The molecule has 3 heteroatoms. The van der Waals surface area contributed by atoms with E-state index in [0.29, 0.717) is 12.1 Å². The molecule has 3 nitrogen and oxygen atoms in total. The summed E-state index contributed by atoms with van der Waals surface area (Å²) in [5.41, 5.74) is 0. The van der Waals surface area contributed by atoms with Crippen LogP contribution in [0, 0.1) is 0 Å². The first-order valence-corrected chi connectivity index (χ1v) is 5.26. The van der Waals surface area contributed by atoms with Gasteiger partial charge in [0, 0.05) is 25.3 Å². The average molecular weight is 189 g/mol. The SMILES string of the molecule is CCC(CCO)NC(CC)CCO. The van der Waals surface area contributed by atoms with Crippen molar-refractivity contribution in [2.45, 2.75) is 51.6 Å². The van der Waals surface area contributed by atoms with Crippen molar-refractivity contribution in [2.75, 3.05) is 13.2 Å². The Balaban J connectivity index is 3.73. The molecule has 0 aliphatic carbocycles. The van der Waals surface area contributed by atoms with E-state index in [1.165, 1.54) is 0 Å². The second-order valence-electron chi connectivity index (χ2n) is 3.40. The van der Waals surface area contributed by atoms with Crippen LogP contribution in [0.4, 0.5) is 0 Å². The molecule has 2 unspecified atom stereocenters. The van der Waals surface area contributed by atoms with E-state index in [-0.39, 0.29) is 13.2 Å². The highest BCUT2D eigenvalue weighted by Gasteiger charge is 2.11. The van der Waals surface area contributed by atoms with Gasteiger partial charge in [-0.1, -0.05) is 13.8 Å². The number of aliphatic hydroxyl groups excluding tert-OH is 2. The number of rotatable bonds is 8. The highest BCUT2D eigenvalue weighted by Crippen LogP contribution is 2.03. The standard InChI is InChI=1S/C10H23NO2/c1-3-9(5-7-12)11-10(4-2)6-8-13/h9-13H,3-8H2,1-2H3. The fourth-order valence-corrected chi connectivity index (χ4v) is 1.46. The van der Waals surface area contributed by atoms with Crippen LogP contribution in [0.1, 0.15) is 39.5 Å². The van der Waals surface area contributed by atoms with Crippen LogP contribution in [0.5, 0.6) is 0 Å². The van der Waals surface area contributed by atoms with Crippen molar-refractivity contribution in [1.29, 1.82) is 0 Å². The summed E-state index contributed by atoms with van der Waals surface area (Å²) in [6.07, 6.45) is 3.67. The summed E-state index contributed by atoms with van der Waals surface area (Å²) >= 11 is 0. The van der Waals surface area contributed by atoms with Gasteiger partial charge in [-0.2, -0.15) is 0 Å². The summed E-state index contributed by atoms with van der Waals surface area (Å²) < 4.78 is 0. The van der Waals surface area contributed by atoms with E-state index in [2.05, 4.69) is 19.2 Å². The van der Waals surface area contributed by atoms with E-state index in [1.807, 2.05) is 0 Å². The minimum Gasteiger partial charge on any atom is -0.396 e. The third kappa shape index (κ3) is 6.02. The summed E-state index contributed by atoms with van der Waals surface area (Å²) in [6.45, 7) is 4.69. The highest BCUT2D eigenvalue weighted by molar-refractivity contribution is 4.72. The first kappa shape index (κ1) is 12.9. The van der Waals surface area contributed by atoms with Crippen LogP contribution in [0.15, 0.2) is 0 Å². The topological polar surface area (TPSA) is 52.5 Å². The molecule has 0 rings (SSSR count). The fraction of sp³-hybridized carbons (Fsp3) is 1.00. The van der Waals surface area contributed by atoms with Gasteiger partial charge in [0.15, 0.2) is 0 Å². The predicted molar refractivity (Wildman–Crippen MR) is 54.7 cm³/mol. The summed E-state index contributed by atoms with van der Waals surface area (Å²) in [7, 11) is 0. The molecular formula is C10H23NO2. The van der Waals surface area contributed by atoms with E-state index in [0.717, 1.165) is 25.7 Å². The Morgan fingerprint density at radius 3 is 1.54 bits per heavy atom. The first-order chi connectivity index (χ1) is 6.28. The smallest absolute Gasteiger partial charge is 0.0445 e. The Morgan fingerprint density at radius 1 is 0.923 bits per heavy atom. The van der Waals surface area contributed by atoms with Crippen LogP contribution in [0.3, 0.4) is 0 Å². The van der Waals surface area contributed by atoms with Crippen molar-refractivity contribution in [3.63, 3.8) is 0 Å². The third-order valence-electron chi connectivity index (χ3n) is 2.41. The highest BCUT2D eigenvalue weighted by atomic mass is 16.3. The maximum absolute atomic E-state index is 8.79. The van der Waals surface area contributed by atoms with Crippen molar-refractivity contribution in [3.05, 3.63) is 0 Å². The summed E-state index contributed by atoms with van der Waals surface area (Å²) in [6, 6.07) is 0.781. The number of nitrogens with one attached hydrogen (secondary N) is 1. The average Bonchev–Trinajstić information content (AvgIpc) is 2.16. The van der Waals surface area contributed by atoms with Gasteiger partial charge in [0.2, 0.25) is 0 Å². The van der Waals surface area contributed by atoms with Crippen LogP contribution < -0.4 is 5.32 Å². The van der Waals surface area contributed by atoms with Crippen molar-refractivity contribution >= 4 is 0 Å². The number of aliphatic hydroxyl groups is 2. The van der Waals surface area contributed by atoms with Gasteiger partial charge in [-0.15, -0.1) is 0 Å². The largest absolute Gasteiger partial charge is 0.396 e. The molecule has 80 valence electrons. The minimum atomic E-state index is 0.237. The van der Waals surface area contributed by atoms with E-state index < -0.39 is 0 Å². The van der Waals surface area contributed by atoms with Crippen LogP contribution in [-0.2, 0) is 0 Å². The van der Waals surface area contributed by atoms with Gasteiger partial charge < -0.3 is 15.5 Å². The molecule has 2 atom stereocenters. The molecule has 0 amide bonds. The van der Waals surface area contributed by atoms with Crippen molar-refractivity contribution < 1.29 is 10.2 Å². The zero-order chi connectivity index (χ0) is 10.1. The molecule has 0 bridgehead atoms. The molecule has 13 heavy (non-hydrogen) atoms. The summed E-state index contributed by atoms with van der Waals surface area (Å²) in [5, 5.41) is 21.0. The number of hydrogen-bond donors (Lipinski definition) is 3. The van der Waals surface area contributed by atoms with Crippen LogP contribution in [0.2, 0.25) is 0 Å². The molecule has 0 aromatic carbocycles.